The van der Waals surface area contributed by atoms with Crippen LogP contribution in [0.1, 0.15) is 104 Å². The average molecular weight is 707 g/mol. The van der Waals surface area contributed by atoms with Gasteiger partial charge in [0.2, 0.25) is 0 Å². The van der Waals surface area contributed by atoms with Gasteiger partial charge in [-0.1, -0.05) is 52.0 Å². The van der Waals surface area contributed by atoms with Crippen LogP contribution in [0.2, 0.25) is 18.1 Å². The van der Waals surface area contributed by atoms with Crippen molar-refractivity contribution in [3.63, 3.8) is 0 Å². The normalized spacial score (nSPS) is 25.4. The van der Waals surface area contributed by atoms with Crippen LogP contribution in [-0.4, -0.2) is 92.2 Å². The first-order valence-electron chi connectivity index (χ1n) is 18.0. The molecule has 11 heteroatoms. The van der Waals surface area contributed by atoms with Crippen LogP contribution >= 0.6 is 0 Å². The van der Waals surface area contributed by atoms with Gasteiger partial charge in [-0.25, -0.2) is 4.79 Å². The van der Waals surface area contributed by atoms with Gasteiger partial charge in [0.05, 0.1) is 49.6 Å². The van der Waals surface area contributed by atoms with E-state index in [-0.39, 0.29) is 48.1 Å². The molecule has 2 fully saturated rings. The Morgan fingerprint density at radius 1 is 1.10 bits per heavy atom. The van der Waals surface area contributed by atoms with Crippen molar-refractivity contribution in [2.45, 2.75) is 160 Å². The number of allylic oxidation sites excluding steroid dienone is 1. The second kappa shape index (κ2) is 18.4. The number of ether oxygens (including phenoxy) is 5. The highest BCUT2D eigenvalue weighted by Gasteiger charge is 2.42. The molecule has 0 bridgehead atoms. The molecule has 2 heterocycles. The predicted molar refractivity (Wildman–Crippen MR) is 191 cm³/mol. The Labute approximate surface area is 295 Å². The van der Waals surface area contributed by atoms with Gasteiger partial charge >= 0.3 is 11.9 Å². The van der Waals surface area contributed by atoms with Crippen molar-refractivity contribution in [3.8, 4) is 0 Å². The molecule has 0 spiro atoms. The second-order valence-electron chi connectivity index (χ2n) is 15.6. The fourth-order valence-corrected chi connectivity index (χ4v) is 7.40. The number of carbonyl (C=O) groups excluding carboxylic acids is 2. The molecule has 0 unspecified atom stereocenters. The molecule has 0 saturated carbocycles. The monoisotopic (exact) mass is 706 g/mol. The summed E-state index contributed by atoms with van der Waals surface area (Å²) < 4.78 is 35.7. The van der Waals surface area contributed by atoms with Crippen LogP contribution in [0, 0.1) is 5.92 Å². The standard InChI is InChI=1S/C38H62O10Si/c1-10-43-35(41)24-30-23-31(48-49(8,9)37(3,4)5)22-29(45-30)20-28(39)21-32(40)26(2)16-14-15-19-33(34-25-44-38(6,7)47-34)46-36(42)27-17-12-11-13-18-27/h11-13,15,17-19,26,28-34,39-40H,10,14,16,20-25H2,1-9H3/b19-15+/t26-,28-,29+,30+,31+,32+,33+,34+/m0/s1. The first kappa shape index (κ1) is 41.3. The Morgan fingerprint density at radius 2 is 1.78 bits per heavy atom. The molecule has 8 atom stereocenters. The minimum absolute atomic E-state index is 0.0372. The fraction of sp³-hybridized carbons (Fsp3) is 0.737. The molecule has 1 aromatic rings. The van der Waals surface area contributed by atoms with Gasteiger partial charge in [0, 0.05) is 6.10 Å². The van der Waals surface area contributed by atoms with Crippen LogP contribution in [0.3, 0.4) is 0 Å². The van der Waals surface area contributed by atoms with E-state index in [0.717, 1.165) is 0 Å². The Bertz CT molecular complexity index is 1200. The summed E-state index contributed by atoms with van der Waals surface area (Å²) in [6.45, 7) is 19.1. The van der Waals surface area contributed by atoms with Crippen molar-refractivity contribution in [2.24, 2.45) is 5.92 Å². The van der Waals surface area contributed by atoms with Crippen molar-refractivity contribution in [2.75, 3.05) is 13.2 Å². The van der Waals surface area contributed by atoms with E-state index in [2.05, 4.69) is 33.9 Å². The third-order valence-electron chi connectivity index (χ3n) is 9.87. The largest absolute Gasteiger partial charge is 0.466 e. The van der Waals surface area contributed by atoms with E-state index in [4.69, 9.17) is 28.1 Å². The predicted octanol–water partition coefficient (Wildman–Crippen LogP) is 6.73. The highest BCUT2D eigenvalue weighted by atomic mass is 28.4. The van der Waals surface area contributed by atoms with E-state index >= 15 is 0 Å². The maximum Gasteiger partial charge on any atom is 0.338 e. The number of benzene rings is 1. The molecule has 2 N–H and O–H groups in total. The lowest BCUT2D eigenvalue weighted by Gasteiger charge is -2.43. The van der Waals surface area contributed by atoms with E-state index in [9.17, 15) is 19.8 Å². The van der Waals surface area contributed by atoms with Crippen LogP contribution in [0.5, 0.6) is 0 Å². The molecule has 2 saturated heterocycles. The lowest BCUT2D eigenvalue weighted by molar-refractivity contribution is -0.153. The number of hydrogen-bond donors (Lipinski definition) is 2. The molecule has 278 valence electrons. The molecule has 0 radical (unpaired) electrons. The molecule has 49 heavy (non-hydrogen) atoms. The van der Waals surface area contributed by atoms with Crippen LogP contribution < -0.4 is 0 Å². The second-order valence-corrected chi connectivity index (χ2v) is 20.4. The van der Waals surface area contributed by atoms with Gasteiger partial charge in [-0.15, -0.1) is 0 Å². The van der Waals surface area contributed by atoms with Crippen LogP contribution in [0.15, 0.2) is 42.5 Å². The summed E-state index contributed by atoms with van der Waals surface area (Å²) in [7, 11) is -2.07. The van der Waals surface area contributed by atoms with Crippen molar-refractivity contribution in [1.29, 1.82) is 0 Å². The lowest BCUT2D eigenvalue weighted by atomic mass is 9.91. The minimum atomic E-state index is -2.07. The molecule has 1 aromatic carbocycles. The first-order chi connectivity index (χ1) is 22.9. The molecule has 0 aliphatic carbocycles. The summed E-state index contributed by atoms with van der Waals surface area (Å²) in [5.74, 6) is -1.59. The summed E-state index contributed by atoms with van der Waals surface area (Å²) in [5, 5.41) is 22.1. The molecule has 3 rings (SSSR count). The van der Waals surface area contributed by atoms with Gasteiger partial charge in [0.15, 0.2) is 14.1 Å². The zero-order chi connectivity index (χ0) is 36.4. The highest BCUT2D eigenvalue weighted by Crippen LogP contribution is 2.40. The fourth-order valence-electron chi connectivity index (χ4n) is 6.02. The van der Waals surface area contributed by atoms with Gasteiger partial charge in [-0.05, 0) is 102 Å². The van der Waals surface area contributed by atoms with E-state index in [1.807, 2.05) is 39.0 Å². The topological polar surface area (TPSA) is 130 Å². The minimum Gasteiger partial charge on any atom is -0.466 e. The summed E-state index contributed by atoms with van der Waals surface area (Å²) in [6.07, 6.45) is 3.71. The summed E-state index contributed by atoms with van der Waals surface area (Å²) in [6, 6.07) is 8.83. The Morgan fingerprint density at radius 3 is 2.39 bits per heavy atom. The molecule has 10 nitrogen and oxygen atoms in total. The van der Waals surface area contributed by atoms with Crippen LogP contribution in [0.25, 0.3) is 0 Å². The quantitative estimate of drug-likeness (QED) is 0.102. The lowest BCUT2D eigenvalue weighted by Crippen LogP contribution is -2.48. The van der Waals surface area contributed by atoms with Crippen molar-refractivity contribution in [3.05, 3.63) is 48.0 Å². The molecule has 0 aromatic heterocycles. The SMILES string of the molecule is CCOC(=O)C[C@H]1C[C@H](O[Si](C)(C)C(C)(C)C)C[C@@H](C[C@H](O)C[C@@H](O)[C@@H](C)CC/C=C/[C@@H](OC(=O)c2ccccc2)[C@H]2COC(C)(C)O2)O1. The number of rotatable bonds is 17. The maximum atomic E-state index is 12.8. The van der Waals surface area contributed by atoms with Gasteiger partial charge < -0.3 is 38.3 Å². The Kier molecular flexibility index (Phi) is 15.5. The molecule has 0 amide bonds. The molecule has 2 aliphatic heterocycles. The third kappa shape index (κ3) is 13.5. The number of esters is 2. The number of aliphatic hydroxyl groups is 2. The molecule has 2 aliphatic rings. The van der Waals surface area contributed by atoms with Crippen molar-refractivity contribution < 1.29 is 47.9 Å². The van der Waals surface area contributed by atoms with Crippen molar-refractivity contribution in [1.82, 2.24) is 0 Å². The number of aliphatic hydroxyl groups excluding tert-OH is 2. The van der Waals surface area contributed by atoms with Gasteiger partial charge in [0.25, 0.3) is 0 Å². The van der Waals surface area contributed by atoms with Crippen molar-refractivity contribution >= 4 is 20.3 Å². The third-order valence-corrected chi connectivity index (χ3v) is 14.4. The smallest absolute Gasteiger partial charge is 0.338 e. The van der Waals surface area contributed by atoms with Gasteiger partial charge in [0.1, 0.15) is 12.2 Å². The van der Waals surface area contributed by atoms with E-state index in [1.54, 1.807) is 31.2 Å². The van der Waals surface area contributed by atoms with Crippen LogP contribution in [-0.2, 0) is 32.9 Å². The van der Waals surface area contributed by atoms with Gasteiger partial charge in [-0.3, -0.25) is 4.79 Å². The summed E-state index contributed by atoms with van der Waals surface area (Å²) in [4.78, 5) is 25.1. The summed E-state index contributed by atoms with van der Waals surface area (Å²) in [5.41, 5.74) is 0.459. The maximum absolute atomic E-state index is 12.8. The molecular formula is C38H62O10Si. The molecular weight excluding hydrogens is 644 g/mol. The first-order valence-corrected chi connectivity index (χ1v) is 20.9. The zero-order valence-corrected chi connectivity index (χ0v) is 32.2. The Balaban J connectivity index is 1.54. The highest BCUT2D eigenvalue weighted by molar-refractivity contribution is 6.74. The van der Waals surface area contributed by atoms with Crippen LogP contribution in [0.4, 0.5) is 0 Å². The zero-order valence-electron chi connectivity index (χ0n) is 31.2. The van der Waals surface area contributed by atoms with E-state index in [1.165, 1.54) is 0 Å². The number of hydrogen-bond acceptors (Lipinski definition) is 10. The van der Waals surface area contributed by atoms with Gasteiger partial charge in [-0.2, -0.15) is 0 Å². The van der Waals surface area contributed by atoms with E-state index in [0.29, 0.717) is 50.9 Å². The number of carbonyl (C=O) groups is 2. The van der Waals surface area contributed by atoms with E-state index < -0.39 is 44.5 Å². The average Bonchev–Trinajstić information content (AvgIpc) is 3.37. The Hall–Kier alpha value is -2.12. The summed E-state index contributed by atoms with van der Waals surface area (Å²) >= 11 is 0.